The maximum atomic E-state index is 13.2. The summed E-state index contributed by atoms with van der Waals surface area (Å²) in [5.74, 6) is 1.37. The van der Waals surface area contributed by atoms with Gasteiger partial charge in [-0.1, -0.05) is 0 Å². The van der Waals surface area contributed by atoms with E-state index in [4.69, 9.17) is 14.2 Å². The number of nitrogens with zero attached hydrogens (tertiary/aromatic N) is 2. The Kier molecular flexibility index (Phi) is 7.77. The molecule has 0 saturated carbocycles. The zero-order valence-electron chi connectivity index (χ0n) is 21.2. The van der Waals surface area contributed by atoms with Gasteiger partial charge in [-0.05, 0) is 66.7 Å². The number of carbonyl (C=O) groups excluding carboxylic acids is 1. The number of hydrogen-bond donors (Lipinski definition) is 2. The van der Waals surface area contributed by atoms with Crippen molar-refractivity contribution in [2.24, 2.45) is 0 Å². The lowest BCUT2D eigenvalue weighted by Crippen LogP contribution is -2.16. The molecule has 0 saturated heterocycles. The average molecular weight is 535 g/mol. The second-order valence-electron chi connectivity index (χ2n) is 8.07. The molecule has 3 aromatic carbocycles. The van der Waals surface area contributed by atoms with Gasteiger partial charge in [0.1, 0.15) is 17.2 Å². The van der Waals surface area contributed by atoms with E-state index in [9.17, 15) is 13.2 Å². The number of sulfonamides is 1. The Labute approximate surface area is 220 Å². The van der Waals surface area contributed by atoms with Crippen LogP contribution in [-0.4, -0.2) is 45.6 Å². The van der Waals surface area contributed by atoms with Crippen molar-refractivity contribution in [1.82, 2.24) is 9.97 Å². The summed E-state index contributed by atoms with van der Waals surface area (Å²) in [7, 11) is 0.598. The number of anilines is 2. The summed E-state index contributed by atoms with van der Waals surface area (Å²) in [6.45, 7) is 1.37. The zero-order valence-corrected chi connectivity index (χ0v) is 22.0. The summed E-state index contributed by atoms with van der Waals surface area (Å²) in [5.41, 5.74) is 2.73. The lowest BCUT2D eigenvalue weighted by atomic mass is 10.1. The highest BCUT2D eigenvalue weighted by Gasteiger charge is 2.19. The molecule has 1 aromatic heterocycles. The molecule has 0 bridgehead atoms. The minimum atomic E-state index is -4.05. The minimum absolute atomic E-state index is 0.0198. The zero-order chi connectivity index (χ0) is 27.3. The molecule has 10 nitrogen and oxygen atoms in total. The fourth-order valence-electron chi connectivity index (χ4n) is 3.65. The molecular weight excluding hydrogens is 508 g/mol. The van der Waals surface area contributed by atoms with Gasteiger partial charge in [0.2, 0.25) is 11.9 Å². The Morgan fingerprint density at radius 3 is 2.00 bits per heavy atom. The number of nitrogens with one attached hydrogen (secondary N) is 2. The maximum Gasteiger partial charge on any atom is 0.264 e. The number of ether oxygens (including phenoxy) is 3. The van der Waals surface area contributed by atoms with E-state index in [-0.39, 0.29) is 16.8 Å². The first-order valence-electron chi connectivity index (χ1n) is 11.4. The number of rotatable bonds is 9. The highest BCUT2D eigenvalue weighted by molar-refractivity contribution is 7.92. The highest BCUT2D eigenvalue weighted by Crippen LogP contribution is 2.35. The van der Waals surface area contributed by atoms with Crippen LogP contribution in [0.25, 0.3) is 22.5 Å². The quantitative estimate of drug-likeness (QED) is 0.319. The first kappa shape index (κ1) is 26.4. The molecule has 11 heteroatoms. The van der Waals surface area contributed by atoms with Crippen molar-refractivity contribution in [2.45, 2.75) is 11.8 Å². The Morgan fingerprint density at radius 1 is 0.763 bits per heavy atom. The van der Waals surface area contributed by atoms with Crippen LogP contribution < -0.4 is 24.2 Å². The second kappa shape index (κ2) is 11.2. The second-order valence-corrected chi connectivity index (χ2v) is 9.75. The van der Waals surface area contributed by atoms with Crippen LogP contribution in [-0.2, 0) is 14.8 Å². The van der Waals surface area contributed by atoms with Gasteiger partial charge in [-0.25, -0.2) is 23.1 Å². The van der Waals surface area contributed by atoms with Crippen molar-refractivity contribution in [3.05, 3.63) is 72.8 Å². The first-order valence-corrected chi connectivity index (χ1v) is 12.9. The maximum absolute atomic E-state index is 13.2. The molecule has 196 valence electrons. The molecule has 1 amide bonds. The van der Waals surface area contributed by atoms with Crippen molar-refractivity contribution >= 4 is 27.6 Å². The van der Waals surface area contributed by atoms with Crippen molar-refractivity contribution < 1.29 is 27.4 Å². The molecule has 0 aliphatic heterocycles. The lowest BCUT2D eigenvalue weighted by Gasteiger charge is -2.14. The van der Waals surface area contributed by atoms with Gasteiger partial charge < -0.3 is 19.5 Å². The van der Waals surface area contributed by atoms with Gasteiger partial charge in [-0.15, -0.1) is 0 Å². The third kappa shape index (κ3) is 6.01. The van der Waals surface area contributed by atoms with E-state index >= 15 is 0 Å². The number of methoxy groups -OCH3 is 3. The van der Waals surface area contributed by atoms with Gasteiger partial charge in [-0.3, -0.25) is 4.79 Å². The van der Waals surface area contributed by atoms with Crippen LogP contribution in [0.4, 0.5) is 11.6 Å². The standard InChI is InChI=1S/C27H26N4O6S/c1-17(32)28-19-7-12-22(13-8-19)38(33,34)31-27-29-24(18-5-9-20(35-2)10-6-18)16-25(30-27)23-14-11-21(36-3)15-26(23)37-4/h5-16H,1-4H3,(H,28,32)(H,29,30,31). The predicted molar refractivity (Wildman–Crippen MR) is 144 cm³/mol. The topological polar surface area (TPSA) is 129 Å². The smallest absolute Gasteiger partial charge is 0.264 e. The normalized spacial score (nSPS) is 10.9. The van der Waals surface area contributed by atoms with Crippen molar-refractivity contribution in [3.63, 3.8) is 0 Å². The van der Waals surface area contributed by atoms with Crippen LogP contribution >= 0.6 is 0 Å². The third-order valence-corrected chi connectivity index (χ3v) is 6.85. The van der Waals surface area contributed by atoms with Crippen LogP contribution in [0.15, 0.2) is 77.7 Å². The van der Waals surface area contributed by atoms with Crippen LogP contribution in [0.3, 0.4) is 0 Å². The van der Waals surface area contributed by atoms with E-state index in [0.29, 0.717) is 39.9 Å². The van der Waals surface area contributed by atoms with E-state index < -0.39 is 10.0 Å². The summed E-state index contributed by atoms with van der Waals surface area (Å²) in [4.78, 5) is 20.2. The van der Waals surface area contributed by atoms with Crippen LogP contribution in [0.2, 0.25) is 0 Å². The van der Waals surface area contributed by atoms with Crippen molar-refractivity contribution in [2.75, 3.05) is 31.4 Å². The Morgan fingerprint density at radius 2 is 1.39 bits per heavy atom. The van der Waals surface area contributed by atoms with Crippen LogP contribution in [0, 0.1) is 0 Å². The molecule has 0 radical (unpaired) electrons. The Balaban J connectivity index is 1.78. The summed E-state index contributed by atoms with van der Waals surface area (Å²) in [6.07, 6.45) is 0. The molecule has 38 heavy (non-hydrogen) atoms. The van der Waals surface area contributed by atoms with Gasteiger partial charge in [0.05, 0.1) is 37.6 Å². The first-order chi connectivity index (χ1) is 18.2. The number of aromatic nitrogens is 2. The Bertz CT molecular complexity index is 1560. The number of hydrogen-bond acceptors (Lipinski definition) is 8. The number of benzene rings is 3. The molecule has 4 rings (SSSR count). The molecule has 4 aromatic rings. The lowest BCUT2D eigenvalue weighted by molar-refractivity contribution is -0.114. The largest absolute Gasteiger partial charge is 0.497 e. The van der Waals surface area contributed by atoms with E-state index in [1.165, 1.54) is 38.3 Å². The van der Waals surface area contributed by atoms with Crippen LogP contribution in [0.1, 0.15) is 6.92 Å². The third-order valence-electron chi connectivity index (χ3n) is 5.51. The fourth-order valence-corrected chi connectivity index (χ4v) is 4.59. The predicted octanol–water partition coefficient (Wildman–Crippen LogP) is 4.60. The molecule has 2 N–H and O–H groups in total. The van der Waals surface area contributed by atoms with E-state index in [1.54, 1.807) is 50.6 Å². The summed E-state index contributed by atoms with van der Waals surface area (Å²) in [6, 6.07) is 19.9. The molecule has 0 fully saturated rings. The van der Waals surface area contributed by atoms with Crippen molar-refractivity contribution in [3.8, 4) is 39.8 Å². The molecule has 0 atom stereocenters. The van der Waals surface area contributed by atoms with E-state index in [2.05, 4.69) is 20.0 Å². The van der Waals surface area contributed by atoms with Gasteiger partial charge in [0, 0.05) is 29.8 Å². The van der Waals surface area contributed by atoms with Gasteiger partial charge >= 0.3 is 0 Å². The molecule has 0 spiro atoms. The highest BCUT2D eigenvalue weighted by atomic mass is 32.2. The van der Waals surface area contributed by atoms with Gasteiger partial charge in [-0.2, -0.15) is 0 Å². The molecule has 0 aliphatic carbocycles. The Hall–Kier alpha value is -4.64. The monoisotopic (exact) mass is 534 g/mol. The van der Waals surface area contributed by atoms with E-state index in [1.807, 2.05) is 12.1 Å². The number of amides is 1. The number of carbonyl (C=O) groups is 1. The van der Waals surface area contributed by atoms with Crippen LogP contribution in [0.5, 0.6) is 17.2 Å². The molecular formula is C27H26N4O6S. The summed E-state index contributed by atoms with van der Waals surface area (Å²) >= 11 is 0. The van der Waals surface area contributed by atoms with Crippen molar-refractivity contribution in [1.29, 1.82) is 0 Å². The summed E-state index contributed by atoms with van der Waals surface area (Å²) < 4.78 is 44.9. The van der Waals surface area contributed by atoms with E-state index in [0.717, 1.165) is 5.56 Å². The van der Waals surface area contributed by atoms with Gasteiger partial charge in [0.15, 0.2) is 0 Å². The average Bonchev–Trinajstić information content (AvgIpc) is 2.92. The molecule has 1 heterocycles. The van der Waals surface area contributed by atoms with Gasteiger partial charge in [0.25, 0.3) is 10.0 Å². The summed E-state index contributed by atoms with van der Waals surface area (Å²) in [5, 5.41) is 2.60. The molecule has 0 aliphatic rings. The fraction of sp³-hybridized carbons (Fsp3) is 0.148. The SMILES string of the molecule is COc1ccc(-c2cc(-c3ccc(OC)cc3OC)nc(NS(=O)(=O)c3ccc(NC(C)=O)cc3)n2)cc1. The minimum Gasteiger partial charge on any atom is -0.497 e. The molecule has 0 unspecified atom stereocenters.